The lowest BCUT2D eigenvalue weighted by Crippen LogP contribution is -2.38. The van der Waals surface area contributed by atoms with Gasteiger partial charge in [0.2, 0.25) is 0 Å². The Morgan fingerprint density at radius 1 is 1.50 bits per heavy atom. The van der Waals surface area contributed by atoms with Crippen molar-refractivity contribution in [3.8, 4) is 11.3 Å². The molecule has 0 atom stereocenters. The maximum absolute atomic E-state index is 10.4. The zero-order chi connectivity index (χ0) is 11.4. The molecule has 0 aliphatic rings. The van der Waals surface area contributed by atoms with Crippen LogP contribution < -0.4 is 4.68 Å². The van der Waals surface area contributed by atoms with Crippen molar-refractivity contribution in [1.82, 2.24) is 9.47 Å². The number of carboxylic acid groups (broad SMARTS) is 1. The van der Waals surface area contributed by atoms with Crippen molar-refractivity contribution in [2.45, 2.75) is 13.0 Å². The SMILES string of the molecule is O=C(O)CC[n+]1ccc(-c2ccsn2)cn1. The second kappa shape index (κ2) is 4.80. The van der Waals surface area contributed by atoms with E-state index in [0.29, 0.717) is 6.54 Å². The number of carboxylic acids is 1. The van der Waals surface area contributed by atoms with E-state index in [1.165, 1.54) is 11.5 Å². The summed E-state index contributed by atoms with van der Waals surface area (Å²) in [6.07, 6.45) is 3.53. The summed E-state index contributed by atoms with van der Waals surface area (Å²) >= 11 is 1.39. The van der Waals surface area contributed by atoms with Crippen molar-refractivity contribution in [2.75, 3.05) is 0 Å². The van der Waals surface area contributed by atoms with Crippen molar-refractivity contribution in [3.63, 3.8) is 0 Å². The molecule has 2 aromatic heterocycles. The van der Waals surface area contributed by atoms with Crippen LogP contribution in [0.4, 0.5) is 0 Å². The predicted octanol–water partition coefficient (Wildman–Crippen LogP) is 0.967. The van der Waals surface area contributed by atoms with Gasteiger partial charge in [0.25, 0.3) is 0 Å². The number of nitrogens with zero attached hydrogens (tertiary/aromatic N) is 3. The lowest BCUT2D eigenvalue weighted by molar-refractivity contribution is -0.752. The summed E-state index contributed by atoms with van der Waals surface area (Å²) in [5, 5.41) is 14.6. The third-order valence-corrected chi connectivity index (χ3v) is 2.62. The van der Waals surface area contributed by atoms with E-state index in [1.807, 2.05) is 17.5 Å². The van der Waals surface area contributed by atoms with Gasteiger partial charge in [-0.3, -0.25) is 4.79 Å². The van der Waals surface area contributed by atoms with E-state index in [1.54, 1.807) is 17.1 Å². The molecule has 0 aliphatic carbocycles. The van der Waals surface area contributed by atoms with Gasteiger partial charge in [0.1, 0.15) is 12.6 Å². The zero-order valence-electron chi connectivity index (χ0n) is 8.41. The average Bonchev–Trinajstić information content (AvgIpc) is 2.80. The number of hydrogen-bond donors (Lipinski definition) is 1. The highest BCUT2D eigenvalue weighted by molar-refractivity contribution is 7.03. The summed E-state index contributed by atoms with van der Waals surface area (Å²) in [7, 11) is 0. The van der Waals surface area contributed by atoms with Crippen LogP contribution in [0, 0.1) is 0 Å². The smallest absolute Gasteiger partial charge is 0.309 e. The molecule has 5 nitrogen and oxygen atoms in total. The molecule has 2 heterocycles. The van der Waals surface area contributed by atoms with E-state index in [4.69, 9.17) is 5.11 Å². The quantitative estimate of drug-likeness (QED) is 0.803. The second-order valence-corrected chi connectivity index (χ2v) is 3.87. The molecule has 0 bridgehead atoms. The third-order valence-electron chi connectivity index (χ3n) is 2.06. The zero-order valence-corrected chi connectivity index (χ0v) is 9.22. The molecule has 0 aromatic carbocycles. The van der Waals surface area contributed by atoms with Crippen LogP contribution in [-0.4, -0.2) is 20.5 Å². The van der Waals surface area contributed by atoms with Crippen LogP contribution in [0.15, 0.2) is 29.9 Å². The fraction of sp³-hybridized carbons (Fsp3) is 0.200. The van der Waals surface area contributed by atoms with Gasteiger partial charge in [0, 0.05) is 17.0 Å². The molecule has 0 amide bonds. The fourth-order valence-corrected chi connectivity index (χ4v) is 1.77. The largest absolute Gasteiger partial charge is 0.481 e. The molecule has 16 heavy (non-hydrogen) atoms. The fourth-order valence-electron chi connectivity index (χ4n) is 1.24. The molecule has 6 heteroatoms. The van der Waals surface area contributed by atoms with Gasteiger partial charge in [0.15, 0.2) is 12.7 Å². The molecule has 0 saturated carbocycles. The molecule has 2 aromatic rings. The lowest BCUT2D eigenvalue weighted by Gasteiger charge is -1.94. The molecular formula is C10H10N3O2S+. The number of hydrogen-bond acceptors (Lipinski definition) is 4. The number of rotatable bonds is 4. The van der Waals surface area contributed by atoms with Crippen LogP contribution in [0.3, 0.4) is 0 Å². The number of carbonyl (C=O) groups is 1. The van der Waals surface area contributed by atoms with Crippen LogP contribution in [0.2, 0.25) is 0 Å². The van der Waals surface area contributed by atoms with E-state index in [9.17, 15) is 4.79 Å². The Bertz CT molecular complexity index is 467. The first-order chi connectivity index (χ1) is 7.75. The molecule has 82 valence electrons. The second-order valence-electron chi connectivity index (χ2n) is 3.21. The van der Waals surface area contributed by atoms with Crippen LogP contribution in [0.25, 0.3) is 11.3 Å². The maximum Gasteiger partial charge on any atom is 0.309 e. The minimum Gasteiger partial charge on any atom is -0.481 e. The number of aromatic nitrogens is 3. The van der Waals surface area contributed by atoms with Gasteiger partial charge < -0.3 is 5.11 Å². The minimum atomic E-state index is -0.821. The van der Waals surface area contributed by atoms with E-state index in [2.05, 4.69) is 9.47 Å². The average molecular weight is 236 g/mol. The Hall–Kier alpha value is -1.82. The molecule has 0 fully saturated rings. The van der Waals surface area contributed by atoms with Crippen molar-refractivity contribution in [1.29, 1.82) is 0 Å². The summed E-state index contributed by atoms with van der Waals surface area (Å²) in [4.78, 5) is 10.4. The summed E-state index contributed by atoms with van der Waals surface area (Å²) < 4.78 is 5.79. The molecule has 1 N–H and O–H groups in total. The van der Waals surface area contributed by atoms with Gasteiger partial charge in [0.05, 0.1) is 5.69 Å². The monoisotopic (exact) mass is 236 g/mol. The van der Waals surface area contributed by atoms with E-state index in [-0.39, 0.29) is 6.42 Å². The van der Waals surface area contributed by atoms with Crippen LogP contribution in [0.5, 0.6) is 0 Å². The van der Waals surface area contributed by atoms with Gasteiger partial charge >= 0.3 is 5.97 Å². The van der Waals surface area contributed by atoms with E-state index < -0.39 is 5.97 Å². The Morgan fingerprint density at radius 3 is 2.94 bits per heavy atom. The maximum atomic E-state index is 10.4. The highest BCUT2D eigenvalue weighted by Gasteiger charge is 2.07. The topological polar surface area (TPSA) is 67.0 Å². The first-order valence-electron chi connectivity index (χ1n) is 4.74. The van der Waals surface area contributed by atoms with Gasteiger partial charge in [-0.15, -0.1) is 0 Å². The van der Waals surface area contributed by atoms with E-state index >= 15 is 0 Å². The van der Waals surface area contributed by atoms with Gasteiger partial charge in [-0.25, -0.2) is 0 Å². The third kappa shape index (κ3) is 2.60. The van der Waals surface area contributed by atoms with Crippen LogP contribution in [0.1, 0.15) is 6.42 Å². The van der Waals surface area contributed by atoms with Gasteiger partial charge in [-0.1, -0.05) is 4.68 Å². The molecule has 0 aliphatic heterocycles. The first-order valence-corrected chi connectivity index (χ1v) is 5.58. The highest BCUT2D eigenvalue weighted by atomic mass is 32.1. The lowest BCUT2D eigenvalue weighted by atomic mass is 10.2. The Labute approximate surface area is 96.2 Å². The summed E-state index contributed by atoms with van der Waals surface area (Å²) in [5.74, 6) is -0.821. The molecule has 0 spiro atoms. The molecule has 0 radical (unpaired) electrons. The Morgan fingerprint density at radius 2 is 2.38 bits per heavy atom. The number of aliphatic carboxylic acids is 1. The van der Waals surface area contributed by atoms with E-state index in [0.717, 1.165) is 11.3 Å². The van der Waals surface area contributed by atoms with Crippen LogP contribution >= 0.6 is 11.5 Å². The van der Waals surface area contributed by atoms with Crippen molar-refractivity contribution in [2.24, 2.45) is 0 Å². The molecule has 0 unspecified atom stereocenters. The molecular weight excluding hydrogens is 226 g/mol. The summed E-state index contributed by atoms with van der Waals surface area (Å²) in [6, 6.07) is 3.80. The number of aryl methyl sites for hydroxylation is 1. The van der Waals surface area contributed by atoms with Crippen LogP contribution in [-0.2, 0) is 11.3 Å². The van der Waals surface area contributed by atoms with Crippen molar-refractivity contribution >= 4 is 17.5 Å². The van der Waals surface area contributed by atoms with Gasteiger partial charge in [-0.2, -0.15) is 4.37 Å². The molecule has 2 rings (SSSR count). The van der Waals surface area contributed by atoms with Crippen molar-refractivity contribution in [3.05, 3.63) is 29.9 Å². The normalized spacial score (nSPS) is 10.2. The predicted molar refractivity (Wildman–Crippen MR) is 57.8 cm³/mol. The summed E-state index contributed by atoms with van der Waals surface area (Å²) in [5.41, 5.74) is 1.83. The highest BCUT2D eigenvalue weighted by Crippen LogP contribution is 2.15. The first kappa shape index (κ1) is 10.7. The minimum absolute atomic E-state index is 0.0771. The molecule has 0 saturated heterocycles. The standard InChI is InChI=1S/C10H9N3O2S/c14-10(15)2-5-13-4-1-8(7-11-13)9-3-6-16-12-9/h1,3-4,6-7H,2,5H2/p+1. The summed E-state index contributed by atoms with van der Waals surface area (Å²) in [6.45, 7) is 0.382. The Balaban J connectivity index is 2.08. The Kier molecular flexibility index (Phi) is 3.21. The van der Waals surface area contributed by atoms with Gasteiger partial charge in [-0.05, 0) is 22.7 Å². The van der Waals surface area contributed by atoms with Crippen molar-refractivity contribution < 1.29 is 14.6 Å².